The Kier molecular flexibility index (Phi) is 8.42. The lowest BCUT2D eigenvalue weighted by Gasteiger charge is -2.45. The summed E-state index contributed by atoms with van der Waals surface area (Å²) in [6.07, 6.45) is 15.0. The van der Waals surface area contributed by atoms with Gasteiger partial charge in [0.2, 0.25) is 0 Å². The largest absolute Gasteiger partial charge is 0.483 e. The van der Waals surface area contributed by atoms with Crippen molar-refractivity contribution in [2.24, 2.45) is 11.3 Å². The first-order valence-electron chi connectivity index (χ1n) is 24.5. The third-order valence-electron chi connectivity index (χ3n) is 16.1. The lowest BCUT2D eigenvalue weighted by molar-refractivity contribution is 0.258. The minimum Gasteiger partial charge on any atom is -0.483 e. The average Bonchev–Trinajstić information content (AvgIpc) is 3.95. The second-order valence-corrected chi connectivity index (χ2v) is 22.6. The molecule has 7 aromatic rings. The molecule has 4 heterocycles. The van der Waals surface area contributed by atoms with Crippen LogP contribution >= 0.6 is 0 Å². The van der Waals surface area contributed by atoms with Crippen LogP contribution in [0.3, 0.4) is 0 Å². The van der Waals surface area contributed by atoms with Gasteiger partial charge in [0.1, 0.15) is 11.9 Å². The number of aromatic nitrogens is 1. The van der Waals surface area contributed by atoms with Gasteiger partial charge in [0.15, 0.2) is 0 Å². The van der Waals surface area contributed by atoms with Crippen molar-refractivity contribution in [1.82, 2.24) is 4.57 Å². The maximum atomic E-state index is 7.07. The highest BCUT2D eigenvalue weighted by Crippen LogP contribution is 2.55. The van der Waals surface area contributed by atoms with E-state index in [2.05, 4.69) is 234 Å². The molecule has 0 spiro atoms. The SMILES string of the molecule is Cc1cc2c3c(c1)-n1c4c(c5cccc(c51)B3c1ccc(N(C3=CCC(C(C)(C)C)C=C3)c3ccc(C(C)(C)C)cc3)cc1N2C1C=CC=C2c3ccccc3OC21)C(C)(C)c1ccccc1-4. The second kappa shape index (κ2) is 13.9. The van der Waals surface area contributed by atoms with Crippen LogP contribution in [0.25, 0.3) is 33.4 Å². The number of fused-ring (bicyclic) bond motifs is 12. The van der Waals surface area contributed by atoms with Gasteiger partial charge < -0.3 is 19.1 Å². The van der Waals surface area contributed by atoms with Gasteiger partial charge in [-0.1, -0.05) is 165 Å². The van der Waals surface area contributed by atoms with Crippen LogP contribution in [0.4, 0.5) is 22.7 Å². The van der Waals surface area contributed by atoms with Gasteiger partial charge in [-0.2, -0.15) is 0 Å². The van der Waals surface area contributed by atoms with Crippen molar-refractivity contribution in [3.63, 3.8) is 0 Å². The molecule has 0 amide bonds. The quantitative estimate of drug-likeness (QED) is 0.164. The van der Waals surface area contributed by atoms with Crippen LogP contribution in [-0.4, -0.2) is 23.4 Å². The second-order valence-electron chi connectivity index (χ2n) is 22.6. The first kappa shape index (κ1) is 40.6. The molecule has 3 atom stereocenters. The molecule has 4 nitrogen and oxygen atoms in total. The van der Waals surface area contributed by atoms with Crippen LogP contribution in [0.5, 0.6) is 5.75 Å². The number of ether oxygens (including phenoxy) is 1. The fourth-order valence-electron chi connectivity index (χ4n) is 12.8. The van der Waals surface area contributed by atoms with Crippen molar-refractivity contribution in [1.29, 1.82) is 0 Å². The molecule has 5 heteroatoms. The molecule has 6 aliphatic rings. The van der Waals surface area contributed by atoms with Crippen molar-refractivity contribution < 1.29 is 4.74 Å². The van der Waals surface area contributed by atoms with Crippen LogP contribution in [0.2, 0.25) is 0 Å². The Bertz CT molecular complexity index is 3400. The molecule has 1 aromatic heterocycles. The molecule has 67 heavy (non-hydrogen) atoms. The summed E-state index contributed by atoms with van der Waals surface area (Å²) in [5, 5.41) is 1.36. The first-order valence-corrected chi connectivity index (χ1v) is 24.5. The van der Waals surface area contributed by atoms with E-state index in [4.69, 9.17) is 4.74 Å². The van der Waals surface area contributed by atoms with E-state index in [1.807, 2.05) is 0 Å². The number of rotatable bonds is 4. The highest BCUT2D eigenvalue weighted by Gasteiger charge is 2.49. The first-order chi connectivity index (χ1) is 32.2. The van der Waals surface area contributed by atoms with E-state index < -0.39 is 0 Å². The van der Waals surface area contributed by atoms with Gasteiger partial charge in [-0.3, -0.25) is 0 Å². The summed E-state index contributed by atoms with van der Waals surface area (Å²) in [7, 11) is 0. The number of nitrogens with zero attached hydrogens (tertiary/aromatic N) is 3. The van der Waals surface area contributed by atoms with Crippen LogP contribution < -0.4 is 30.9 Å². The number of benzene rings is 6. The average molecular weight is 872 g/mol. The van der Waals surface area contributed by atoms with Crippen LogP contribution in [0.15, 0.2) is 163 Å². The van der Waals surface area contributed by atoms with Gasteiger partial charge in [0.25, 0.3) is 6.71 Å². The molecule has 3 aliphatic heterocycles. The maximum Gasteiger partial charge on any atom is 0.252 e. The Labute approximate surface area is 396 Å². The van der Waals surface area contributed by atoms with Crippen molar-refractivity contribution >= 4 is 62.3 Å². The third kappa shape index (κ3) is 5.73. The number of aryl methyl sites for hydroxylation is 1. The number of hydrogen-bond donors (Lipinski definition) is 0. The number of anilines is 4. The van der Waals surface area contributed by atoms with Crippen molar-refractivity contribution in [2.45, 2.75) is 91.7 Å². The van der Waals surface area contributed by atoms with Crippen LogP contribution in [-0.2, 0) is 10.8 Å². The summed E-state index contributed by atoms with van der Waals surface area (Å²) < 4.78 is 9.73. The van der Waals surface area contributed by atoms with Crippen LogP contribution in [0, 0.1) is 18.3 Å². The number of hydrogen-bond acceptors (Lipinski definition) is 3. The molecular weight excluding hydrogens is 814 g/mol. The molecule has 6 aromatic carbocycles. The molecule has 3 unspecified atom stereocenters. The van der Waals surface area contributed by atoms with Gasteiger partial charge in [-0.05, 0) is 117 Å². The minimum absolute atomic E-state index is 0.0283. The molecule has 0 saturated carbocycles. The van der Waals surface area contributed by atoms with E-state index in [1.165, 1.54) is 94.7 Å². The zero-order valence-corrected chi connectivity index (χ0v) is 40.3. The Balaban J connectivity index is 1.07. The highest BCUT2D eigenvalue weighted by molar-refractivity contribution is 7.00. The lowest BCUT2D eigenvalue weighted by atomic mass is 9.33. The maximum absolute atomic E-state index is 7.07. The Morgan fingerprint density at radius 3 is 2.24 bits per heavy atom. The summed E-state index contributed by atoms with van der Waals surface area (Å²) in [5.74, 6) is 1.43. The molecule has 0 radical (unpaired) electrons. The smallest absolute Gasteiger partial charge is 0.252 e. The van der Waals surface area contributed by atoms with E-state index in [1.54, 1.807) is 0 Å². The Hall–Kier alpha value is -6.72. The minimum atomic E-state index is -0.183. The van der Waals surface area contributed by atoms with Crippen molar-refractivity contribution in [2.75, 3.05) is 9.80 Å². The number of allylic oxidation sites excluding steroid dienone is 5. The van der Waals surface area contributed by atoms with Gasteiger partial charge in [-0.25, -0.2) is 0 Å². The van der Waals surface area contributed by atoms with Gasteiger partial charge in [0, 0.05) is 67.2 Å². The Morgan fingerprint density at radius 1 is 0.731 bits per heavy atom. The van der Waals surface area contributed by atoms with Gasteiger partial charge in [0.05, 0.1) is 11.7 Å². The molecule has 330 valence electrons. The van der Waals surface area contributed by atoms with E-state index in [0.29, 0.717) is 5.92 Å². The zero-order chi connectivity index (χ0) is 45.9. The number of para-hydroxylation sites is 2. The van der Waals surface area contributed by atoms with Crippen LogP contribution in [0.1, 0.15) is 89.6 Å². The standard InChI is InChI=1S/C62H58BN3O/c1-37-34-52-56-53(35-37)66-57-46(55-58(66)45-17-10-12-20-47(45)62(55,8)9)19-14-21-49(57)63(56)48-33-32-42(36-51(48)65(52)50-22-15-18-44-43-16-11-13-23-54(43)67-59(44)50)64(40-28-24-38(25-29-40)60(2,3)4)41-30-26-39(27-31-41)61(5,6)7/h10-26,28-36,39,50,59H,27H2,1-9H3. The van der Waals surface area contributed by atoms with E-state index in [-0.39, 0.29) is 35.1 Å². The molecule has 3 aliphatic carbocycles. The molecular formula is C62H58BN3O. The predicted octanol–water partition coefficient (Wildman–Crippen LogP) is 13.3. The summed E-state index contributed by atoms with van der Waals surface area (Å²) >= 11 is 0. The molecule has 0 N–H and O–H groups in total. The van der Waals surface area contributed by atoms with E-state index in [9.17, 15) is 0 Å². The summed E-state index contributed by atoms with van der Waals surface area (Å²) in [6.45, 7) is 21.1. The molecule has 0 bridgehead atoms. The fourth-order valence-corrected chi connectivity index (χ4v) is 12.8. The monoisotopic (exact) mass is 871 g/mol. The topological polar surface area (TPSA) is 20.6 Å². The molecule has 0 fully saturated rings. The van der Waals surface area contributed by atoms with E-state index in [0.717, 1.165) is 23.5 Å². The van der Waals surface area contributed by atoms with Gasteiger partial charge >= 0.3 is 0 Å². The molecule has 0 saturated heterocycles. The lowest BCUT2D eigenvalue weighted by Crippen LogP contribution is -2.63. The summed E-state index contributed by atoms with van der Waals surface area (Å²) in [5.41, 5.74) is 23.3. The highest BCUT2D eigenvalue weighted by atomic mass is 16.5. The molecule has 13 rings (SSSR count). The fraction of sp³-hybridized carbons (Fsp3) is 0.258. The summed E-state index contributed by atoms with van der Waals surface area (Å²) in [4.78, 5) is 5.16. The van der Waals surface area contributed by atoms with Crippen molar-refractivity contribution in [3.8, 4) is 22.7 Å². The summed E-state index contributed by atoms with van der Waals surface area (Å²) in [6, 6.07) is 46.3. The van der Waals surface area contributed by atoms with Gasteiger partial charge in [-0.15, -0.1) is 0 Å². The third-order valence-corrected chi connectivity index (χ3v) is 16.1. The van der Waals surface area contributed by atoms with E-state index >= 15 is 0 Å². The van der Waals surface area contributed by atoms with Crippen molar-refractivity contribution in [3.05, 3.63) is 191 Å². The Morgan fingerprint density at radius 2 is 1.48 bits per heavy atom. The normalized spacial score (nSPS) is 20.0. The zero-order valence-electron chi connectivity index (χ0n) is 40.3. The predicted molar refractivity (Wildman–Crippen MR) is 283 cm³/mol.